The van der Waals surface area contributed by atoms with Crippen LogP contribution in [0.2, 0.25) is 0 Å². The third-order valence-corrected chi connectivity index (χ3v) is 4.31. The Labute approximate surface area is 118 Å². The van der Waals surface area contributed by atoms with Crippen molar-refractivity contribution in [2.24, 2.45) is 5.73 Å². The number of aryl methyl sites for hydroxylation is 1. The topological polar surface area (TPSA) is 29.3 Å². The number of benzene rings is 1. The number of anilines is 1. The van der Waals surface area contributed by atoms with Crippen LogP contribution in [-0.4, -0.2) is 19.1 Å². The van der Waals surface area contributed by atoms with Gasteiger partial charge >= 0.3 is 0 Å². The Balaban J connectivity index is 2.37. The van der Waals surface area contributed by atoms with Crippen LogP contribution in [0.4, 0.5) is 5.69 Å². The summed E-state index contributed by atoms with van der Waals surface area (Å²) in [6.45, 7) is 8.81. The molecule has 1 fully saturated rings. The molecule has 1 unspecified atom stereocenters. The summed E-state index contributed by atoms with van der Waals surface area (Å²) in [5.41, 5.74) is 10.2. The van der Waals surface area contributed by atoms with Gasteiger partial charge in [-0.05, 0) is 56.2 Å². The molecule has 0 aromatic heterocycles. The molecular weight excluding hydrogens is 232 g/mol. The van der Waals surface area contributed by atoms with Crippen molar-refractivity contribution in [2.45, 2.75) is 58.4 Å². The van der Waals surface area contributed by atoms with Crippen LogP contribution >= 0.6 is 0 Å². The van der Waals surface area contributed by atoms with E-state index in [1.807, 2.05) is 0 Å². The van der Waals surface area contributed by atoms with Crippen LogP contribution in [-0.2, 0) is 0 Å². The summed E-state index contributed by atoms with van der Waals surface area (Å²) in [6.07, 6.45) is 5.08. The third-order valence-electron chi connectivity index (χ3n) is 4.31. The first-order valence-corrected chi connectivity index (χ1v) is 7.71. The first-order valence-electron chi connectivity index (χ1n) is 7.71. The van der Waals surface area contributed by atoms with Gasteiger partial charge in [-0.2, -0.15) is 0 Å². The number of para-hydroxylation sites is 1. The number of hydrogen-bond acceptors (Lipinski definition) is 2. The highest BCUT2D eigenvalue weighted by atomic mass is 15.2. The van der Waals surface area contributed by atoms with Gasteiger partial charge in [0, 0.05) is 18.3 Å². The Bertz CT molecular complexity index is 410. The van der Waals surface area contributed by atoms with E-state index in [9.17, 15) is 0 Å². The van der Waals surface area contributed by atoms with Gasteiger partial charge in [0.05, 0.1) is 0 Å². The van der Waals surface area contributed by atoms with Crippen molar-refractivity contribution >= 4 is 5.69 Å². The molecule has 0 aliphatic carbocycles. The van der Waals surface area contributed by atoms with Crippen LogP contribution in [0.1, 0.15) is 56.6 Å². The molecule has 1 saturated heterocycles. The second kappa shape index (κ2) is 6.42. The van der Waals surface area contributed by atoms with Crippen molar-refractivity contribution in [2.75, 3.05) is 18.0 Å². The molecule has 0 spiro atoms. The maximum absolute atomic E-state index is 5.81. The number of nitrogens with zero attached hydrogens (tertiary/aromatic N) is 1. The average molecular weight is 260 g/mol. The first kappa shape index (κ1) is 14.4. The summed E-state index contributed by atoms with van der Waals surface area (Å²) in [4.78, 5) is 2.64. The molecule has 2 nitrogen and oxygen atoms in total. The van der Waals surface area contributed by atoms with Crippen LogP contribution in [0, 0.1) is 6.92 Å². The highest BCUT2D eigenvalue weighted by Gasteiger charge is 2.25. The summed E-state index contributed by atoms with van der Waals surface area (Å²) >= 11 is 0. The monoisotopic (exact) mass is 260 g/mol. The normalized spacial score (nSPS) is 20.1. The van der Waals surface area contributed by atoms with Crippen LogP contribution in [0.3, 0.4) is 0 Å². The predicted molar refractivity (Wildman–Crippen MR) is 83.9 cm³/mol. The van der Waals surface area contributed by atoms with E-state index in [2.05, 4.69) is 43.9 Å². The molecule has 1 aliphatic rings. The van der Waals surface area contributed by atoms with Gasteiger partial charge in [-0.15, -0.1) is 0 Å². The van der Waals surface area contributed by atoms with Crippen molar-refractivity contribution in [1.82, 2.24) is 0 Å². The van der Waals surface area contributed by atoms with Gasteiger partial charge in [0.1, 0.15) is 0 Å². The quantitative estimate of drug-likeness (QED) is 0.891. The van der Waals surface area contributed by atoms with Crippen LogP contribution in [0.25, 0.3) is 0 Å². The summed E-state index contributed by atoms with van der Waals surface area (Å²) in [7, 11) is 0. The first-order chi connectivity index (χ1) is 9.15. The molecule has 1 heterocycles. The van der Waals surface area contributed by atoms with E-state index in [0.29, 0.717) is 12.0 Å². The molecule has 0 bridgehead atoms. The highest BCUT2D eigenvalue weighted by molar-refractivity contribution is 5.61. The maximum atomic E-state index is 5.81. The molecule has 0 saturated carbocycles. The number of nitrogens with two attached hydrogens (primary N) is 1. The Kier molecular flexibility index (Phi) is 4.87. The van der Waals surface area contributed by atoms with Crippen LogP contribution in [0.15, 0.2) is 18.2 Å². The fourth-order valence-electron chi connectivity index (χ4n) is 3.33. The van der Waals surface area contributed by atoms with Crippen molar-refractivity contribution < 1.29 is 0 Å². The summed E-state index contributed by atoms with van der Waals surface area (Å²) < 4.78 is 0. The summed E-state index contributed by atoms with van der Waals surface area (Å²) in [5.74, 6) is 0.579. The van der Waals surface area contributed by atoms with Gasteiger partial charge in [-0.25, -0.2) is 0 Å². The van der Waals surface area contributed by atoms with Gasteiger partial charge in [0.2, 0.25) is 0 Å². The predicted octanol–water partition coefficient (Wildman–Crippen LogP) is 3.83. The van der Waals surface area contributed by atoms with Gasteiger partial charge in [0.15, 0.2) is 0 Å². The lowest BCUT2D eigenvalue weighted by atomic mass is 9.92. The van der Waals surface area contributed by atoms with Gasteiger partial charge in [-0.1, -0.05) is 32.0 Å². The molecular formula is C17H28N2. The van der Waals surface area contributed by atoms with Crippen molar-refractivity contribution in [3.8, 4) is 0 Å². The summed E-state index contributed by atoms with van der Waals surface area (Å²) in [5, 5.41) is 0. The van der Waals surface area contributed by atoms with Crippen molar-refractivity contribution in [3.05, 3.63) is 29.3 Å². The molecule has 19 heavy (non-hydrogen) atoms. The molecule has 2 rings (SSSR count). The minimum atomic E-state index is 0.579. The minimum Gasteiger partial charge on any atom is -0.368 e. The lowest BCUT2D eigenvalue weighted by molar-refractivity contribution is 0.440. The second-order valence-electron chi connectivity index (χ2n) is 6.09. The van der Waals surface area contributed by atoms with Crippen LogP contribution in [0.5, 0.6) is 0 Å². The molecule has 1 aromatic rings. The SMILES string of the molecule is Cc1cccc(C(C)C)c1N1CCCCC1CCN. The Morgan fingerprint density at radius 2 is 2.11 bits per heavy atom. The largest absolute Gasteiger partial charge is 0.368 e. The zero-order chi connectivity index (χ0) is 13.8. The number of piperidine rings is 1. The zero-order valence-electron chi connectivity index (χ0n) is 12.7. The van der Waals surface area contributed by atoms with E-state index in [0.717, 1.165) is 13.0 Å². The molecule has 1 aromatic carbocycles. The lowest BCUT2D eigenvalue weighted by Gasteiger charge is -2.40. The second-order valence-corrected chi connectivity index (χ2v) is 6.09. The van der Waals surface area contributed by atoms with E-state index in [1.165, 1.54) is 42.6 Å². The van der Waals surface area contributed by atoms with Gasteiger partial charge in [0.25, 0.3) is 0 Å². The fraction of sp³-hybridized carbons (Fsp3) is 0.647. The van der Waals surface area contributed by atoms with E-state index < -0.39 is 0 Å². The van der Waals surface area contributed by atoms with E-state index in [-0.39, 0.29) is 0 Å². The Hall–Kier alpha value is -1.02. The van der Waals surface area contributed by atoms with Crippen molar-refractivity contribution in [1.29, 1.82) is 0 Å². The zero-order valence-corrected chi connectivity index (χ0v) is 12.7. The highest BCUT2D eigenvalue weighted by Crippen LogP contribution is 2.35. The third kappa shape index (κ3) is 3.11. The summed E-state index contributed by atoms with van der Waals surface area (Å²) in [6, 6.07) is 7.37. The molecule has 1 atom stereocenters. The average Bonchev–Trinajstić information content (AvgIpc) is 2.40. The molecule has 106 valence electrons. The molecule has 2 N–H and O–H groups in total. The Morgan fingerprint density at radius 3 is 2.79 bits per heavy atom. The minimum absolute atomic E-state index is 0.579. The number of hydrogen-bond donors (Lipinski definition) is 1. The molecule has 0 amide bonds. The van der Waals surface area contributed by atoms with Crippen LogP contribution < -0.4 is 10.6 Å². The fourth-order valence-corrected chi connectivity index (χ4v) is 3.33. The number of rotatable bonds is 4. The lowest BCUT2D eigenvalue weighted by Crippen LogP contribution is -2.41. The van der Waals surface area contributed by atoms with Gasteiger partial charge < -0.3 is 10.6 Å². The maximum Gasteiger partial charge on any atom is 0.0433 e. The Morgan fingerprint density at radius 1 is 1.32 bits per heavy atom. The van der Waals surface area contributed by atoms with E-state index in [4.69, 9.17) is 5.73 Å². The van der Waals surface area contributed by atoms with Crippen molar-refractivity contribution in [3.63, 3.8) is 0 Å². The van der Waals surface area contributed by atoms with E-state index >= 15 is 0 Å². The van der Waals surface area contributed by atoms with E-state index in [1.54, 1.807) is 0 Å². The van der Waals surface area contributed by atoms with Gasteiger partial charge in [-0.3, -0.25) is 0 Å². The molecule has 2 heteroatoms. The standard InChI is InChI=1S/C17H28N2/c1-13(2)16-9-6-7-14(3)17(16)19-12-5-4-8-15(19)10-11-18/h6-7,9,13,15H,4-5,8,10-12,18H2,1-3H3. The smallest absolute Gasteiger partial charge is 0.0433 e. The molecule has 0 radical (unpaired) electrons. The molecule has 1 aliphatic heterocycles.